The van der Waals surface area contributed by atoms with Crippen LogP contribution in [0.2, 0.25) is 0 Å². The summed E-state index contributed by atoms with van der Waals surface area (Å²) in [4.78, 5) is 14.0. The van der Waals surface area contributed by atoms with Crippen LogP contribution in [0.5, 0.6) is 0 Å². The van der Waals surface area contributed by atoms with Crippen molar-refractivity contribution in [3.05, 3.63) is 0 Å². The highest BCUT2D eigenvalue weighted by Gasteiger charge is 2.22. The van der Waals surface area contributed by atoms with Crippen molar-refractivity contribution >= 4 is 23.1 Å². The molecule has 1 amide bonds. The maximum absolute atomic E-state index is 11.3. The molecule has 0 aromatic rings. The summed E-state index contributed by atoms with van der Waals surface area (Å²) in [6, 6.07) is 0.458. The van der Waals surface area contributed by atoms with Gasteiger partial charge in [-0.1, -0.05) is 12.2 Å². The van der Waals surface area contributed by atoms with Gasteiger partial charge in [-0.15, -0.1) is 0 Å². The maximum atomic E-state index is 11.3. The van der Waals surface area contributed by atoms with E-state index < -0.39 is 0 Å². The van der Waals surface area contributed by atoms with Crippen LogP contribution in [0.1, 0.15) is 25.7 Å². The molecule has 15 heavy (non-hydrogen) atoms. The van der Waals surface area contributed by atoms with Gasteiger partial charge in [-0.2, -0.15) is 0 Å². The number of hydrogen-bond acceptors (Lipinski definition) is 3. The van der Waals surface area contributed by atoms with Crippen molar-refractivity contribution in [2.24, 2.45) is 5.73 Å². The van der Waals surface area contributed by atoms with Crippen molar-refractivity contribution < 1.29 is 4.79 Å². The topological polar surface area (TPSA) is 58.4 Å². The third-order valence-corrected chi connectivity index (χ3v) is 2.61. The molecule has 0 bridgehead atoms. The Bertz CT molecular complexity index is 241. The molecule has 0 spiro atoms. The smallest absolute Gasteiger partial charge is 0.221 e. The first kappa shape index (κ1) is 12.4. The summed E-state index contributed by atoms with van der Waals surface area (Å²) in [6.45, 7) is 1.59. The number of nitrogens with zero attached hydrogens (tertiary/aromatic N) is 1. The van der Waals surface area contributed by atoms with Gasteiger partial charge in [0.2, 0.25) is 5.91 Å². The van der Waals surface area contributed by atoms with Gasteiger partial charge in [0, 0.05) is 32.0 Å². The van der Waals surface area contributed by atoms with E-state index in [1.807, 2.05) is 7.05 Å². The summed E-state index contributed by atoms with van der Waals surface area (Å²) in [5.74, 6) is 0.152. The highest BCUT2D eigenvalue weighted by Crippen LogP contribution is 2.18. The van der Waals surface area contributed by atoms with E-state index in [0.717, 1.165) is 32.4 Å². The van der Waals surface area contributed by atoms with Crippen LogP contribution in [-0.4, -0.2) is 42.0 Å². The van der Waals surface area contributed by atoms with Gasteiger partial charge in [-0.25, -0.2) is 0 Å². The molecule has 0 aliphatic heterocycles. The Labute approximate surface area is 96.2 Å². The van der Waals surface area contributed by atoms with E-state index >= 15 is 0 Å². The zero-order chi connectivity index (χ0) is 11.3. The van der Waals surface area contributed by atoms with E-state index in [1.54, 1.807) is 0 Å². The fourth-order valence-corrected chi connectivity index (χ4v) is 1.32. The largest absolute Gasteiger partial charge is 0.393 e. The van der Waals surface area contributed by atoms with Crippen molar-refractivity contribution in [1.29, 1.82) is 0 Å². The summed E-state index contributed by atoms with van der Waals surface area (Å²) in [6.07, 6.45) is 3.56. The first-order valence-corrected chi connectivity index (χ1v) is 5.75. The maximum Gasteiger partial charge on any atom is 0.221 e. The monoisotopic (exact) mass is 229 g/mol. The number of carbonyl (C=O) groups excluding carboxylic acids is 1. The average Bonchev–Trinajstić information content (AvgIpc) is 2.95. The number of nitrogens with one attached hydrogen (secondary N) is 1. The molecule has 0 heterocycles. The molecule has 1 fully saturated rings. The molecule has 0 aromatic heterocycles. The highest BCUT2D eigenvalue weighted by molar-refractivity contribution is 7.80. The first-order chi connectivity index (χ1) is 7.08. The molecule has 0 radical (unpaired) electrons. The number of amides is 1. The lowest BCUT2D eigenvalue weighted by Gasteiger charge is -2.15. The van der Waals surface area contributed by atoms with Gasteiger partial charge < -0.3 is 16.0 Å². The molecule has 0 atom stereocenters. The second-order valence-corrected chi connectivity index (χ2v) is 4.64. The molecule has 1 aliphatic carbocycles. The van der Waals surface area contributed by atoms with Crippen LogP contribution in [0.4, 0.5) is 0 Å². The molecule has 3 N–H and O–H groups in total. The molecule has 1 saturated carbocycles. The minimum absolute atomic E-state index is 0.152. The summed E-state index contributed by atoms with van der Waals surface area (Å²) >= 11 is 4.79. The van der Waals surface area contributed by atoms with Gasteiger partial charge in [-0.3, -0.25) is 4.79 Å². The Hall–Kier alpha value is -0.680. The minimum Gasteiger partial charge on any atom is -0.393 e. The normalized spacial score (nSPS) is 15.3. The predicted molar refractivity (Wildman–Crippen MR) is 64.7 cm³/mol. The van der Waals surface area contributed by atoms with Gasteiger partial charge >= 0.3 is 0 Å². The molecule has 5 heteroatoms. The van der Waals surface area contributed by atoms with Gasteiger partial charge in [0.05, 0.1) is 4.99 Å². The lowest BCUT2D eigenvalue weighted by Crippen LogP contribution is -2.31. The predicted octanol–water partition coefficient (Wildman–Crippen LogP) is 0.263. The van der Waals surface area contributed by atoms with Crippen molar-refractivity contribution in [2.45, 2.75) is 31.7 Å². The van der Waals surface area contributed by atoms with Crippen LogP contribution >= 0.6 is 12.2 Å². The fraction of sp³-hybridized carbons (Fsp3) is 0.800. The third kappa shape index (κ3) is 6.41. The highest BCUT2D eigenvalue weighted by atomic mass is 32.1. The van der Waals surface area contributed by atoms with Gasteiger partial charge in [-0.05, 0) is 19.9 Å². The zero-order valence-electron chi connectivity index (χ0n) is 9.16. The van der Waals surface area contributed by atoms with Crippen molar-refractivity contribution in [3.63, 3.8) is 0 Å². The molecule has 0 saturated heterocycles. The molecular weight excluding hydrogens is 210 g/mol. The van der Waals surface area contributed by atoms with Crippen molar-refractivity contribution in [1.82, 2.24) is 10.2 Å². The Morgan fingerprint density at radius 2 is 2.07 bits per heavy atom. The van der Waals surface area contributed by atoms with Crippen LogP contribution < -0.4 is 11.1 Å². The summed E-state index contributed by atoms with van der Waals surface area (Å²) in [7, 11) is 1.97. The van der Waals surface area contributed by atoms with Crippen LogP contribution in [0, 0.1) is 0 Å². The lowest BCUT2D eigenvalue weighted by atomic mass is 10.3. The minimum atomic E-state index is 0.152. The third-order valence-electron chi connectivity index (χ3n) is 2.40. The molecule has 1 aliphatic rings. The van der Waals surface area contributed by atoms with Gasteiger partial charge in [0.15, 0.2) is 0 Å². The number of rotatable bonds is 7. The average molecular weight is 229 g/mol. The molecule has 1 rings (SSSR count). The Kier molecular flexibility index (Phi) is 4.98. The van der Waals surface area contributed by atoms with Gasteiger partial charge in [0.1, 0.15) is 0 Å². The van der Waals surface area contributed by atoms with E-state index in [9.17, 15) is 4.79 Å². The second-order valence-electron chi connectivity index (χ2n) is 4.11. The molecule has 0 unspecified atom stereocenters. The van der Waals surface area contributed by atoms with Crippen molar-refractivity contribution in [3.8, 4) is 0 Å². The van der Waals surface area contributed by atoms with Crippen LogP contribution in [0.25, 0.3) is 0 Å². The summed E-state index contributed by atoms with van der Waals surface area (Å²) < 4.78 is 0. The van der Waals surface area contributed by atoms with E-state index in [-0.39, 0.29) is 5.91 Å². The molecule has 86 valence electrons. The SMILES string of the molecule is CN(CCC(=O)NC1CC1)CCC(N)=S. The zero-order valence-corrected chi connectivity index (χ0v) is 9.98. The Balaban J connectivity index is 2.01. The summed E-state index contributed by atoms with van der Waals surface area (Å²) in [5, 5.41) is 2.96. The Morgan fingerprint density at radius 1 is 1.47 bits per heavy atom. The number of nitrogens with two attached hydrogens (primary N) is 1. The van der Waals surface area contributed by atoms with Crippen LogP contribution in [0.3, 0.4) is 0 Å². The fourth-order valence-electron chi connectivity index (χ4n) is 1.23. The Morgan fingerprint density at radius 3 is 2.60 bits per heavy atom. The molecule has 0 aromatic carbocycles. The quantitative estimate of drug-likeness (QED) is 0.615. The number of thiocarbonyl (C=S) groups is 1. The summed E-state index contributed by atoms with van der Waals surface area (Å²) in [5.41, 5.74) is 5.40. The van der Waals surface area contributed by atoms with Crippen molar-refractivity contribution in [2.75, 3.05) is 20.1 Å². The van der Waals surface area contributed by atoms with E-state index in [1.165, 1.54) is 0 Å². The van der Waals surface area contributed by atoms with Crippen LogP contribution in [-0.2, 0) is 4.79 Å². The van der Waals surface area contributed by atoms with E-state index in [4.69, 9.17) is 18.0 Å². The standard InChI is InChI=1S/C10H19N3OS/c1-13(6-4-9(11)15)7-5-10(14)12-8-2-3-8/h8H,2-7H2,1H3,(H2,11,15)(H,12,14). The second kappa shape index (κ2) is 6.02. The van der Waals surface area contributed by atoms with E-state index in [0.29, 0.717) is 17.5 Å². The number of hydrogen-bond donors (Lipinski definition) is 2. The molecule has 4 nitrogen and oxygen atoms in total. The lowest BCUT2D eigenvalue weighted by molar-refractivity contribution is -0.121. The van der Waals surface area contributed by atoms with E-state index in [2.05, 4.69) is 10.2 Å². The first-order valence-electron chi connectivity index (χ1n) is 5.34. The van der Waals surface area contributed by atoms with Gasteiger partial charge in [0.25, 0.3) is 0 Å². The number of carbonyl (C=O) groups is 1. The van der Waals surface area contributed by atoms with Crippen LogP contribution in [0.15, 0.2) is 0 Å². The molecular formula is C10H19N3OS.